The van der Waals surface area contributed by atoms with Gasteiger partial charge in [0.1, 0.15) is 6.61 Å². The molecule has 0 atom stereocenters. The van der Waals surface area contributed by atoms with Crippen molar-refractivity contribution in [2.24, 2.45) is 11.1 Å². The van der Waals surface area contributed by atoms with Crippen molar-refractivity contribution in [3.63, 3.8) is 0 Å². The molecule has 3 heteroatoms. The first-order chi connectivity index (χ1) is 6.56. The second-order valence-corrected chi connectivity index (χ2v) is 4.16. The highest BCUT2D eigenvalue weighted by atomic mass is 16.6. The van der Waals surface area contributed by atoms with E-state index >= 15 is 0 Å². The predicted octanol–water partition coefficient (Wildman–Crippen LogP) is 2.38. The Kier molecular flexibility index (Phi) is 7.48. The van der Waals surface area contributed by atoms with E-state index in [-0.39, 0.29) is 0 Å². The third-order valence-corrected chi connectivity index (χ3v) is 2.02. The first-order valence-corrected chi connectivity index (χ1v) is 5.40. The van der Waals surface area contributed by atoms with E-state index in [0.29, 0.717) is 12.5 Å². The van der Waals surface area contributed by atoms with Crippen LogP contribution in [0.4, 0.5) is 0 Å². The van der Waals surface area contributed by atoms with Gasteiger partial charge in [0.25, 0.3) is 0 Å². The third kappa shape index (κ3) is 8.05. The van der Waals surface area contributed by atoms with E-state index in [0.717, 1.165) is 25.2 Å². The SMILES string of the molecule is CCN(C)CC/C(C)=N\OCC(C)C. The quantitative estimate of drug-likeness (QED) is 0.465. The molecule has 0 aliphatic rings. The van der Waals surface area contributed by atoms with Gasteiger partial charge in [-0.05, 0) is 26.4 Å². The molecule has 0 N–H and O–H groups in total. The molecule has 0 unspecified atom stereocenters. The van der Waals surface area contributed by atoms with Crippen molar-refractivity contribution in [1.82, 2.24) is 4.90 Å². The lowest BCUT2D eigenvalue weighted by Gasteiger charge is -2.12. The fourth-order valence-corrected chi connectivity index (χ4v) is 0.853. The van der Waals surface area contributed by atoms with E-state index in [4.69, 9.17) is 4.84 Å². The smallest absolute Gasteiger partial charge is 0.119 e. The van der Waals surface area contributed by atoms with Crippen molar-refractivity contribution in [2.45, 2.75) is 34.1 Å². The standard InChI is InChI=1S/C11H24N2O/c1-6-13(5)8-7-11(4)12-14-9-10(2)3/h10H,6-9H2,1-5H3/b12-11-. The summed E-state index contributed by atoms with van der Waals surface area (Å²) in [7, 11) is 2.11. The van der Waals surface area contributed by atoms with Crippen molar-refractivity contribution in [3.05, 3.63) is 0 Å². The first kappa shape index (κ1) is 13.4. The second-order valence-electron chi connectivity index (χ2n) is 4.16. The summed E-state index contributed by atoms with van der Waals surface area (Å²) in [5, 5.41) is 4.06. The molecule has 0 radical (unpaired) electrons. The van der Waals surface area contributed by atoms with Crippen LogP contribution in [0.15, 0.2) is 5.16 Å². The van der Waals surface area contributed by atoms with Gasteiger partial charge in [0.2, 0.25) is 0 Å². The maximum absolute atomic E-state index is 5.19. The van der Waals surface area contributed by atoms with Crippen LogP contribution in [0.2, 0.25) is 0 Å². The highest BCUT2D eigenvalue weighted by molar-refractivity contribution is 5.81. The van der Waals surface area contributed by atoms with Gasteiger partial charge in [0.05, 0.1) is 5.71 Å². The van der Waals surface area contributed by atoms with E-state index < -0.39 is 0 Å². The van der Waals surface area contributed by atoms with Crippen molar-refractivity contribution in [1.29, 1.82) is 0 Å². The van der Waals surface area contributed by atoms with Gasteiger partial charge < -0.3 is 9.74 Å². The number of oxime groups is 1. The number of hydrogen-bond acceptors (Lipinski definition) is 3. The van der Waals surface area contributed by atoms with Gasteiger partial charge in [-0.3, -0.25) is 0 Å². The molecule has 0 saturated heterocycles. The summed E-state index contributed by atoms with van der Waals surface area (Å²) in [5.41, 5.74) is 1.07. The molecule has 0 amide bonds. The minimum Gasteiger partial charge on any atom is -0.396 e. The fourth-order valence-electron chi connectivity index (χ4n) is 0.853. The Morgan fingerprint density at radius 3 is 2.57 bits per heavy atom. The van der Waals surface area contributed by atoms with Crippen LogP contribution < -0.4 is 0 Å². The lowest BCUT2D eigenvalue weighted by atomic mass is 10.2. The Balaban J connectivity index is 3.56. The molecule has 14 heavy (non-hydrogen) atoms. The molecule has 0 aliphatic heterocycles. The van der Waals surface area contributed by atoms with Crippen LogP contribution in [-0.4, -0.2) is 37.4 Å². The molecule has 0 saturated carbocycles. The zero-order valence-electron chi connectivity index (χ0n) is 10.2. The number of nitrogens with zero attached hydrogens (tertiary/aromatic N) is 2. The lowest BCUT2D eigenvalue weighted by molar-refractivity contribution is 0.117. The Morgan fingerprint density at radius 2 is 2.07 bits per heavy atom. The molecular weight excluding hydrogens is 176 g/mol. The molecule has 84 valence electrons. The van der Waals surface area contributed by atoms with Crippen LogP contribution >= 0.6 is 0 Å². The van der Waals surface area contributed by atoms with Crippen LogP contribution in [0.5, 0.6) is 0 Å². The van der Waals surface area contributed by atoms with E-state index in [9.17, 15) is 0 Å². The van der Waals surface area contributed by atoms with E-state index in [1.54, 1.807) is 0 Å². The Bertz CT molecular complexity index is 167. The second kappa shape index (κ2) is 7.80. The first-order valence-electron chi connectivity index (χ1n) is 5.40. The summed E-state index contributed by atoms with van der Waals surface area (Å²) in [6.45, 7) is 11.3. The van der Waals surface area contributed by atoms with Gasteiger partial charge in [-0.25, -0.2) is 0 Å². The third-order valence-electron chi connectivity index (χ3n) is 2.02. The highest BCUT2D eigenvalue weighted by Crippen LogP contribution is 1.95. The van der Waals surface area contributed by atoms with E-state index in [1.807, 2.05) is 6.92 Å². The minimum absolute atomic E-state index is 0.546. The van der Waals surface area contributed by atoms with Crippen molar-refractivity contribution in [3.8, 4) is 0 Å². The average Bonchev–Trinajstić information content (AvgIpc) is 2.13. The van der Waals surface area contributed by atoms with Crippen molar-refractivity contribution in [2.75, 3.05) is 26.7 Å². The highest BCUT2D eigenvalue weighted by Gasteiger charge is 1.98. The largest absolute Gasteiger partial charge is 0.396 e. The summed E-state index contributed by atoms with van der Waals surface area (Å²) in [6.07, 6.45) is 0.989. The summed E-state index contributed by atoms with van der Waals surface area (Å²) in [5.74, 6) is 0.546. The molecule has 0 bridgehead atoms. The maximum Gasteiger partial charge on any atom is 0.119 e. The van der Waals surface area contributed by atoms with E-state index in [2.05, 4.69) is 37.9 Å². The summed E-state index contributed by atoms with van der Waals surface area (Å²) < 4.78 is 0. The van der Waals surface area contributed by atoms with Crippen LogP contribution in [0.1, 0.15) is 34.1 Å². The Hall–Kier alpha value is -0.570. The van der Waals surface area contributed by atoms with Gasteiger partial charge >= 0.3 is 0 Å². The van der Waals surface area contributed by atoms with E-state index in [1.165, 1.54) is 0 Å². The Morgan fingerprint density at radius 1 is 1.43 bits per heavy atom. The van der Waals surface area contributed by atoms with Crippen LogP contribution in [-0.2, 0) is 4.84 Å². The van der Waals surface area contributed by atoms with Crippen molar-refractivity contribution < 1.29 is 4.84 Å². The Labute approximate surface area is 88.1 Å². The maximum atomic E-state index is 5.19. The molecule has 0 heterocycles. The topological polar surface area (TPSA) is 24.8 Å². The lowest BCUT2D eigenvalue weighted by Crippen LogP contribution is -2.20. The molecule has 0 rings (SSSR count). The summed E-state index contributed by atoms with van der Waals surface area (Å²) >= 11 is 0. The molecule has 0 aliphatic carbocycles. The minimum atomic E-state index is 0.546. The molecule has 0 aromatic carbocycles. The van der Waals surface area contributed by atoms with Gasteiger partial charge in [-0.1, -0.05) is 25.9 Å². The molecule has 0 aromatic heterocycles. The van der Waals surface area contributed by atoms with Crippen molar-refractivity contribution >= 4 is 5.71 Å². The molecule has 0 spiro atoms. The number of hydrogen-bond donors (Lipinski definition) is 0. The monoisotopic (exact) mass is 200 g/mol. The van der Waals surface area contributed by atoms with Gasteiger partial charge in [0, 0.05) is 13.0 Å². The van der Waals surface area contributed by atoms with Gasteiger partial charge in [0.15, 0.2) is 0 Å². The summed E-state index contributed by atoms with van der Waals surface area (Å²) in [6, 6.07) is 0. The molecule has 0 fully saturated rings. The average molecular weight is 200 g/mol. The summed E-state index contributed by atoms with van der Waals surface area (Å²) in [4.78, 5) is 7.46. The zero-order chi connectivity index (χ0) is 11.0. The molecular formula is C11H24N2O. The molecule has 3 nitrogen and oxygen atoms in total. The van der Waals surface area contributed by atoms with Gasteiger partial charge in [-0.15, -0.1) is 0 Å². The normalized spacial score (nSPS) is 12.6. The van der Waals surface area contributed by atoms with Crippen LogP contribution in [0.25, 0.3) is 0 Å². The zero-order valence-corrected chi connectivity index (χ0v) is 10.2. The predicted molar refractivity (Wildman–Crippen MR) is 61.7 cm³/mol. The fraction of sp³-hybridized carbons (Fsp3) is 0.909. The van der Waals surface area contributed by atoms with Gasteiger partial charge in [-0.2, -0.15) is 0 Å². The number of rotatable bonds is 7. The van der Waals surface area contributed by atoms with Crippen LogP contribution in [0, 0.1) is 5.92 Å². The molecule has 0 aromatic rings. The van der Waals surface area contributed by atoms with Crippen LogP contribution in [0.3, 0.4) is 0 Å².